The van der Waals surface area contributed by atoms with E-state index in [9.17, 15) is 4.79 Å². The quantitative estimate of drug-likeness (QED) is 0.930. The Kier molecular flexibility index (Phi) is 3.77. The van der Waals surface area contributed by atoms with Gasteiger partial charge in [-0.25, -0.2) is 4.79 Å². The van der Waals surface area contributed by atoms with Crippen LogP contribution in [-0.4, -0.2) is 45.3 Å². The fraction of sp³-hybridized carbons (Fsp3) is 0.824. The molecule has 2 aliphatic heterocycles. The topological polar surface area (TPSA) is 63.1 Å². The van der Waals surface area contributed by atoms with Gasteiger partial charge < -0.3 is 14.8 Å². The monoisotopic (exact) mass is 317 g/mol. The van der Waals surface area contributed by atoms with E-state index in [2.05, 4.69) is 27.0 Å². The van der Waals surface area contributed by atoms with Crippen molar-refractivity contribution < 1.29 is 4.79 Å². The first-order valence-electron chi connectivity index (χ1n) is 9.09. The second-order valence-electron chi connectivity index (χ2n) is 7.81. The summed E-state index contributed by atoms with van der Waals surface area (Å²) in [4.78, 5) is 14.2. The third-order valence-corrected chi connectivity index (χ3v) is 5.81. The summed E-state index contributed by atoms with van der Waals surface area (Å²) in [7, 11) is 0. The summed E-state index contributed by atoms with van der Waals surface area (Å²) in [5.41, 5.74) is 0.370. The van der Waals surface area contributed by atoms with E-state index in [0.29, 0.717) is 11.3 Å². The van der Waals surface area contributed by atoms with Crippen molar-refractivity contribution in [1.82, 2.24) is 25.0 Å². The van der Waals surface area contributed by atoms with Crippen molar-refractivity contribution in [2.75, 3.05) is 19.6 Å². The van der Waals surface area contributed by atoms with E-state index >= 15 is 0 Å². The zero-order chi connectivity index (χ0) is 15.9. The predicted octanol–water partition coefficient (Wildman–Crippen LogP) is 2.30. The van der Waals surface area contributed by atoms with Gasteiger partial charge in [0, 0.05) is 38.5 Å². The molecule has 23 heavy (non-hydrogen) atoms. The van der Waals surface area contributed by atoms with E-state index in [1.165, 1.54) is 25.7 Å². The van der Waals surface area contributed by atoms with Crippen LogP contribution in [0.25, 0.3) is 0 Å². The number of hydrogen-bond acceptors (Lipinski definition) is 3. The normalized spacial score (nSPS) is 23.4. The van der Waals surface area contributed by atoms with Gasteiger partial charge in [0.25, 0.3) is 0 Å². The number of piperidine rings is 1. The number of likely N-dealkylation sites (tertiary alicyclic amines) is 1. The van der Waals surface area contributed by atoms with Crippen LogP contribution in [0.4, 0.5) is 4.79 Å². The Bertz CT molecular complexity index is 584. The van der Waals surface area contributed by atoms with Gasteiger partial charge >= 0.3 is 6.03 Å². The number of carbonyl (C=O) groups excluding carboxylic acids is 1. The van der Waals surface area contributed by atoms with E-state index in [4.69, 9.17) is 0 Å². The van der Waals surface area contributed by atoms with Crippen LogP contribution in [0.3, 0.4) is 0 Å². The van der Waals surface area contributed by atoms with Gasteiger partial charge in [-0.1, -0.05) is 6.92 Å². The Hall–Kier alpha value is -1.59. The summed E-state index contributed by atoms with van der Waals surface area (Å²) in [6, 6.07) is 0.111. The van der Waals surface area contributed by atoms with Crippen molar-refractivity contribution in [2.24, 2.45) is 5.41 Å². The second kappa shape index (κ2) is 5.80. The highest BCUT2D eigenvalue weighted by Gasteiger charge is 2.38. The van der Waals surface area contributed by atoms with Gasteiger partial charge in [-0.2, -0.15) is 0 Å². The molecule has 1 aliphatic carbocycles. The molecule has 0 radical (unpaired) electrons. The van der Waals surface area contributed by atoms with Crippen molar-refractivity contribution in [2.45, 2.75) is 64.3 Å². The summed E-state index contributed by atoms with van der Waals surface area (Å²) in [6.07, 6.45) is 8.02. The molecule has 1 aromatic heterocycles. The molecule has 0 bridgehead atoms. The van der Waals surface area contributed by atoms with Crippen LogP contribution in [-0.2, 0) is 13.0 Å². The highest BCUT2D eigenvalue weighted by Crippen LogP contribution is 2.44. The third kappa shape index (κ3) is 3.08. The van der Waals surface area contributed by atoms with E-state index in [1.807, 2.05) is 4.90 Å². The Morgan fingerprint density at radius 1 is 1.22 bits per heavy atom. The summed E-state index contributed by atoms with van der Waals surface area (Å²) in [5, 5.41) is 11.9. The lowest BCUT2D eigenvalue weighted by Crippen LogP contribution is -2.45. The van der Waals surface area contributed by atoms with Gasteiger partial charge in [0.2, 0.25) is 0 Å². The molecule has 3 aliphatic rings. The van der Waals surface area contributed by atoms with Gasteiger partial charge in [-0.15, -0.1) is 10.2 Å². The van der Waals surface area contributed by atoms with Crippen molar-refractivity contribution >= 4 is 6.03 Å². The predicted molar refractivity (Wildman–Crippen MR) is 87.2 cm³/mol. The SMILES string of the molecule is CC1(CNC(=O)N2CCC(c3nnc4n3CCCC4)CC2)CC1. The number of nitrogens with zero attached hydrogens (tertiary/aromatic N) is 4. The van der Waals surface area contributed by atoms with Gasteiger partial charge in [-0.3, -0.25) is 0 Å². The van der Waals surface area contributed by atoms with Crippen LogP contribution >= 0.6 is 0 Å². The summed E-state index contributed by atoms with van der Waals surface area (Å²) < 4.78 is 2.33. The molecule has 1 saturated heterocycles. The molecular formula is C17H27N5O. The number of carbonyl (C=O) groups is 1. The smallest absolute Gasteiger partial charge is 0.317 e. The number of hydrogen-bond donors (Lipinski definition) is 1. The zero-order valence-electron chi connectivity index (χ0n) is 14.1. The highest BCUT2D eigenvalue weighted by molar-refractivity contribution is 5.74. The molecule has 2 fully saturated rings. The number of urea groups is 1. The first-order chi connectivity index (χ1) is 11.1. The molecule has 0 aromatic carbocycles. The fourth-order valence-electron chi connectivity index (χ4n) is 3.76. The number of amides is 2. The minimum absolute atomic E-state index is 0.111. The first kappa shape index (κ1) is 15.0. The van der Waals surface area contributed by atoms with Crippen LogP contribution in [0.5, 0.6) is 0 Å². The Balaban J connectivity index is 1.32. The lowest BCUT2D eigenvalue weighted by Gasteiger charge is -2.32. The average molecular weight is 317 g/mol. The molecule has 1 saturated carbocycles. The van der Waals surface area contributed by atoms with Crippen LogP contribution in [0.2, 0.25) is 0 Å². The molecule has 0 atom stereocenters. The Labute approximate surface area is 137 Å². The molecule has 126 valence electrons. The number of aryl methyl sites for hydroxylation is 1. The second-order valence-corrected chi connectivity index (χ2v) is 7.81. The Morgan fingerprint density at radius 3 is 2.74 bits per heavy atom. The molecule has 0 spiro atoms. The van der Waals surface area contributed by atoms with Crippen molar-refractivity contribution in [3.63, 3.8) is 0 Å². The summed E-state index contributed by atoms with van der Waals surface area (Å²) >= 11 is 0. The number of rotatable bonds is 3. The molecule has 3 heterocycles. The molecule has 2 amide bonds. The zero-order valence-corrected chi connectivity index (χ0v) is 14.1. The van der Waals surface area contributed by atoms with Gasteiger partial charge in [-0.05, 0) is 43.9 Å². The largest absolute Gasteiger partial charge is 0.337 e. The number of nitrogens with one attached hydrogen (secondary N) is 1. The van der Waals surface area contributed by atoms with Crippen LogP contribution in [0.15, 0.2) is 0 Å². The van der Waals surface area contributed by atoms with E-state index < -0.39 is 0 Å². The van der Waals surface area contributed by atoms with E-state index in [1.54, 1.807) is 0 Å². The van der Waals surface area contributed by atoms with Crippen molar-refractivity contribution in [1.29, 1.82) is 0 Å². The van der Waals surface area contributed by atoms with Crippen LogP contribution < -0.4 is 5.32 Å². The highest BCUT2D eigenvalue weighted by atomic mass is 16.2. The Morgan fingerprint density at radius 2 is 2.00 bits per heavy atom. The maximum absolute atomic E-state index is 12.3. The molecule has 1 N–H and O–H groups in total. The van der Waals surface area contributed by atoms with Crippen molar-refractivity contribution in [3.05, 3.63) is 11.6 Å². The van der Waals surface area contributed by atoms with E-state index in [0.717, 1.165) is 57.1 Å². The minimum atomic E-state index is 0.111. The van der Waals surface area contributed by atoms with E-state index in [-0.39, 0.29) is 6.03 Å². The molecular weight excluding hydrogens is 290 g/mol. The molecule has 0 unspecified atom stereocenters. The summed E-state index contributed by atoms with van der Waals surface area (Å²) in [5.74, 6) is 2.77. The lowest BCUT2D eigenvalue weighted by molar-refractivity contribution is 0.178. The average Bonchev–Trinajstić information content (AvgIpc) is 3.17. The van der Waals surface area contributed by atoms with Crippen molar-refractivity contribution in [3.8, 4) is 0 Å². The van der Waals surface area contributed by atoms with Crippen LogP contribution in [0.1, 0.15) is 63.0 Å². The standard InChI is InChI=1S/C17H27N5O/c1-17(7-8-17)12-18-16(23)21-10-5-13(6-11-21)15-20-19-14-4-2-3-9-22(14)15/h13H,2-12H2,1H3,(H,18,23). The maximum Gasteiger partial charge on any atom is 0.317 e. The van der Waals surface area contributed by atoms with Gasteiger partial charge in [0.05, 0.1) is 0 Å². The lowest BCUT2D eigenvalue weighted by atomic mass is 9.95. The van der Waals surface area contributed by atoms with Gasteiger partial charge in [0.15, 0.2) is 0 Å². The number of aromatic nitrogens is 3. The molecule has 1 aromatic rings. The molecule has 6 nitrogen and oxygen atoms in total. The fourth-order valence-corrected chi connectivity index (χ4v) is 3.76. The molecule has 6 heteroatoms. The first-order valence-corrected chi connectivity index (χ1v) is 9.09. The number of fused-ring (bicyclic) bond motifs is 1. The third-order valence-electron chi connectivity index (χ3n) is 5.81. The van der Waals surface area contributed by atoms with Gasteiger partial charge in [0.1, 0.15) is 11.6 Å². The molecule has 4 rings (SSSR count). The maximum atomic E-state index is 12.3. The minimum Gasteiger partial charge on any atom is -0.337 e. The van der Waals surface area contributed by atoms with Crippen LogP contribution in [0, 0.1) is 5.41 Å². The summed E-state index contributed by atoms with van der Waals surface area (Å²) in [6.45, 7) is 5.79.